The Morgan fingerprint density at radius 2 is 1.35 bits per heavy atom. The minimum atomic E-state index is -0.290. The maximum absolute atomic E-state index is 13.0. The van der Waals surface area contributed by atoms with E-state index in [2.05, 4.69) is 0 Å². The summed E-state index contributed by atoms with van der Waals surface area (Å²) >= 11 is 0. The molecule has 0 amide bonds. The van der Waals surface area contributed by atoms with E-state index in [0.29, 0.717) is 6.42 Å². The number of nitrogens with two attached hydrogens (primary N) is 1. The zero-order valence-corrected chi connectivity index (χ0v) is 11.7. The topological polar surface area (TPSA) is 26.0 Å². The quantitative estimate of drug-likeness (QED) is 0.902. The van der Waals surface area contributed by atoms with Crippen molar-refractivity contribution in [1.82, 2.24) is 0 Å². The first-order valence-corrected chi connectivity index (χ1v) is 6.65. The van der Waals surface area contributed by atoms with Gasteiger partial charge in [-0.25, -0.2) is 8.78 Å². The van der Waals surface area contributed by atoms with Crippen molar-refractivity contribution in [2.24, 2.45) is 5.73 Å². The molecule has 0 spiro atoms. The van der Waals surface area contributed by atoms with Crippen LogP contribution < -0.4 is 5.73 Å². The Balaban J connectivity index is 2.16. The van der Waals surface area contributed by atoms with Gasteiger partial charge >= 0.3 is 0 Å². The smallest absolute Gasteiger partial charge is 0.123 e. The highest BCUT2D eigenvalue weighted by atomic mass is 19.1. The van der Waals surface area contributed by atoms with Crippen LogP contribution in [0, 0.1) is 11.6 Å². The van der Waals surface area contributed by atoms with E-state index in [1.807, 2.05) is 13.8 Å². The molecule has 0 aliphatic carbocycles. The molecule has 0 fully saturated rings. The average Bonchev–Trinajstić information content (AvgIpc) is 2.42. The first-order chi connectivity index (χ1) is 9.39. The number of halogens is 2. The van der Waals surface area contributed by atoms with Crippen molar-refractivity contribution in [2.75, 3.05) is 0 Å². The van der Waals surface area contributed by atoms with Crippen LogP contribution in [0.15, 0.2) is 48.5 Å². The fourth-order valence-electron chi connectivity index (χ4n) is 2.22. The van der Waals surface area contributed by atoms with E-state index in [4.69, 9.17) is 5.73 Å². The first-order valence-electron chi connectivity index (χ1n) is 6.65. The molecule has 0 saturated carbocycles. The van der Waals surface area contributed by atoms with Crippen LogP contribution in [0.4, 0.5) is 8.78 Å². The Bertz CT molecular complexity index is 559. The third-order valence-electron chi connectivity index (χ3n) is 3.88. The van der Waals surface area contributed by atoms with E-state index < -0.39 is 0 Å². The number of hydrogen-bond acceptors (Lipinski definition) is 1. The van der Waals surface area contributed by atoms with Crippen LogP contribution in [0.2, 0.25) is 0 Å². The molecule has 0 aromatic heterocycles. The lowest BCUT2D eigenvalue weighted by Crippen LogP contribution is -2.42. The predicted octanol–water partition coefficient (Wildman–Crippen LogP) is 3.81. The largest absolute Gasteiger partial charge is 0.327 e. The summed E-state index contributed by atoms with van der Waals surface area (Å²) in [6.07, 6.45) is 0.644. The average molecular weight is 275 g/mol. The van der Waals surface area contributed by atoms with Gasteiger partial charge in [0.25, 0.3) is 0 Å². The van der Waals surface area contributed by atoms with Crippen molar-refractivity contribution in [2.45, 2.75) is 31.7 Å². The van der Waals surface area contributed by atoms with Gasteiger partial charge in [-0.3, -0.25) is 0 Å². The summed E-state index contributed by atoms with van der Waals surface area (Å²) in [7, 11) is 0. The van der Waals surface area contributed by atoms with E-state index in [1.165, 1.54) is 24.3 Å². The molecule has 0 radical (unpaired) electrons. The van der Waals surface area contributed by atoms with Gasteiger partial charge in [0.05, 0.1) is 0 Å². The normalized spacial score (nSPS) is 13.2. The standard InChI is InChI=1S/C17H19F2N/c1-17(2,13-5-9-15(19)10-6-13)16(20)11-12-3-7-14(18)8-4-12/h3-10,16H,11,20H2,1-2H3. The molecule has 1 nitrogen and oxygen atoms in total. The molecule has 1 atom stereocenters. The summed E-state index contributed by atoms with van der Waals surface area (Å²) in [5.41, 5.74) is 8.00. The van der Waals surface area contributed by atoms with E-state index in [0.717, 1.165) is 11.1 Å². The molecule has 0 aliphatic rings. The molecule has 1 unspecified atom stereocenters. The Hall–Kier alpha value is -1.74. The molecular formula is C17H19F2N. The van der Waals surface area contributed by atoms with Gasteiger partial charge in [-0.15, -0.1) is 0 Å². The Morgan fingerprint density at radius 3 is 1.85 bits per heavy atom. The fraction of sp³-hybridized carbons (Fsp3) is 0.294. The molecule has 2 N–H and O–H groups in total. The van der Waals surface area contributed by atoms with Crippen LogP contribution in [0.25, 0.3) is 0 Å². The molecule has 2 aromatic rings. The lowest BCUT2D eigenvalue weighted by molar-refractivity contribution is 0.405. The van der Waals surface area contributed by atoms with Gasteiger partial charge in [-0.1, -0.05) is 38.1 Å². The van der Waals surface area contributed by atoms with Gasteiger partial charge in [-0.05, 0) is 41.8 Å². The van der Waals surface area contributed by atoms with E-state index in [9.17, 15) is 8.78 Å². The maximum Gasteiger partial charge on any atom is 0.123 e. The van der Waals surface area contributed by atoms with Crippen molar-refractivity contribution >= 4 is 0 Å². The second-order valence-corrected chi connectivity index (χ2v) is 5.67. The van der Waals surface area contributed by atoms with E-state index in [-0.39, 0.29) is 23.1 Å². The van der Waals surface area contributed by atoms with Gasteiger partial charge < -0.3 is 5.73 Å². The molecule has 2 rings (SSSR count). The molecule has 3 heteroatoms. The minimum absolute atomic E-state index is 0.140. The van der Waals surface area contributed by atoms with Crippen molar-refractivity contribution in [1.29, 1.82) is 0 Å². The second-order valence-electron chi connectivity index (χ2n) is 5.67. The molecule has 0 bridgehead atoms. The Labute approximate surface area is 118 Å². The molecular weight excluding hydrogens is 256 g/mol. The zero-order valence-electron chi connectivity index (χ0n) is 11.7. The molecule has 106 valence electrons. The Morgan fingerprint density at radius 1 is 0.900 bits per heavy atom. The maximum atomic E-state index is 13.0. The van der Waals surface area contributed by atoms with Crippen molar-refractivity contribution in [3.63, 3.8) is 0 Å². The lowest BCUT2D eigenvalue weighted by atomic mass is 9.76. The van der Waals surface area contributed by atoms with Crippen molar-refractivity contribution < 1.29 is 8.78 Å². The van der Waals surface area contributed by atoms with E-state index in [1.54, 1.807) is 24.3 Å². The monoisotopic (exact) mass is 275 g/mol. The van der Waals surface area contributed by atoms with Crippen LogP contribution in [0.5, 0.6) is 0 Å². The summed E-state index contributed by atoms with van der Waals surface area (Å²) in [5.74, 6) is -0.503. The van der Waals surface area contributed by atoms with Gasteiger partial charge in [0.1, 0.15) is 11.6 Å². The van der Waals surface area contributed by atoms with Crippen molar-refractivity contribution in [3.8, 4) is 0 Å². The SMILES string of the molecule is CC(C)(c1ccc(F)cc1)C(N)Cc1ccc(F)cc1. The van der Waals surface area contributed by atoms with Crippen LogP contribution in [0.3, 0.4) is 0 Å². The van der Waals surface area contributed by atoms with Crippen LogP contribution in [0.1, 0.15) is 25.0 Å². The number of hydrogen-bond donors (Lipinski definition) is 1. The highest BCUT2D eigenvalue weighted by Crippen LogP contribution is 2.28. The van der Waals surface area contributed by atoms with Crippen molar-refractivity contribution in [3.05, 3.63) is 71.3 Å². The summed E-state index contributed by atoms with van der Waals surface area (Å²) < 4.78 is 25.9. The lowest BCUT2D eigenvalue weighted by Gasteiger charge is -2.32. The summed E-state index contributed by atoms with van der Waals surface area (Å²) in [4.78, 5) is 0. The van der Waals surface area contributed by atoms with Gasteiger partial charge in [0.15, 0.2) is 0 Å². The molecule has 20 heavy (non-hydrogen) atoms. The summed E-state index contributed by atoms with van der Waals surface area (Å²) in [5, 5.41) is 0. The minimum Gasteiger partial charge on any atom is -0.327 e. The van der Waals surface area contributed by atoms with Crippen LogP contribution in [-0.2, 0) is 11.8 Å². The fourth-order valence-corrected chi connectivity index (χ4v) is 2.22. The number of benzene rings is 2. The van der Waals surface area contributed by atoms with Crippen LogP contribution >= 0.6 is 0 Å². The van der Waals surface area contributed by atoms with Gasteiger partial charge in [0.2, 0.25) is 0 Å². The highest BCUT2D eigenvalue weighted by Gasteiger charge is 2.28. The number of rotatable bonds is 4. The highest BCUT2D eigenvalue weighted by molar-refractivity contribution is 5.28. The van der Waals surface area contributed by atoms with Gasteiger partial charge in [0, 0.05) is 11.5 Å². The summed E-state index contributed by atoms with van der Waals surface area (Å²) in [6.45, 7) is 4.07. The van der Waals surface area contributed by atoms with E-state index >= 15 is 0 Å². The first kappa shape index (κ1) is 14.7. The summed E-state index contributed by atoms with van der Waals surface area (Å²) in [6, 6.07) is 12.6. The Kier molecular flexibility index (Phi) is 4.19. The predicted molar refractivity (Wildman–Crippen MR) is 77.5 cm³/mol. The third-order valence-corrected chi connectivity index (χ3v) is 3.88. The molecule has 0 heterocycles. The second kappa shape index (κ2) is 5.71. The molecule has 0 saturated heterocycles. The molecule has 0 aliphatic heterocycles. The zero-order chi connectivity index (χ0) is 14.8. The molecule has 2 aromatic carbocycles. The third kappa shape index (κ3) is 3.23. The van der Waals surface area contributed by atoms with Gasteiger partial charge in [-0.2, -0.15) is 0 Å². The van der Waals surface area contributed by atoms with Crippen LogP contribution in [-0.4, -0.2) is 6.04 Å².